The smallest absolute Gasteiger partial charge is 0.306 e. The quantitative estimate of drug-likeness (QED) is 0.919. The fourth-order valence-electron chi connectivity index (χ4n) is 3.04. The number of H-pyrrole nitrogens is 1. The number of imidazole rings is 1. The van der Waals surface area contributed by atoms with E-state index >= 15 is 0 Å². The number of halogens is 1. The molecule has 1 aromatic carbocycles. The van der Waals surface area contributed by atoms with Crippen molar-refractivity contribution in [2.45, 2.75) is 32.4 Å². The third-order valence-electron chi connectivity index (χ3n) is 4.04. The lowest BCUT2D eigenvalue weighted by atomic mass is 10.2. The van der Waals surface area contributed by atoms with Crippen LogP contribution >= 0.6 is 0 Å². The predicted octanol–water partition coefficient (Wildman–Crippen LogP) is 1.95. The monoisotopic (exact) mass is 263 g/mol. The molecule has 5 heteroatoms. The number of likely N-dealkylation sites (N-methyl/N-ethyl adjacent to an activating group) is 1. The molecule has 1 atom stereocenters. The molecule has 2 aromatic rings. The zero-order chi connectivity index (χ0) is 13.4. The number of hydrogen-bond donors (Lipinski definition) is 1. The van der Waals surface area contributed by atoms with Crippen LogP contribution in [0.25, 0.3) is 11.0 Å². The molecule has 1 N–H and O–H groups in total. The molecular weight excluding hydrogens is 245 g/mol. The minimum Gasteiger partial charge on any atom is -0.306 e. The van der Waals surface area contributed by atoms with Crippen molar-refractivity contribution in [2.24, 2.45) is 0 Å². The highest BCUT2D eigenvalue weighted by Gasteiger charge is 2.24. The molecule has 19 heavy (non-hydrogen) atoms. The van der Waals surface area contributed by atoms with Gasteiger partial charge in [-0.25, -0.2) is 9.18 Å². The Bertz CT molecular complexity index is 646. The van der Waals surface area contributed by atoms with Gasteiger partial charge in [-0.1, -0.05) is 6.92 Å². The molecule has 102 valence electrons. The fraction of sp³-hybridized carbons (Fsp3) is 0.500. The van der Waals surface area contributed by atoms with Crippen LogP contribution in [0.1, 0.15) is 19.8 Å². The van der Waals surface area contributed by atoms with Gasteiger partial charge in [0.15, 0.2) is 0 Å². The average Bonchev–Trinajstić information content (AvgIpc) is 2.96. The molecule has 4 nitrogen and oxygen atoms in total. The second-order valence-corrected chi connectivity index (χ2v) is 5.13. The van der Waals surface area contributed by atoms with Crippen molar-refractivity contribution in [3.8, 4) is 0 Å². The molecule has 3 rings (SSSR count). The fourth-order valence-corrected chi connectivity index (χ4v) is 3.04. The van der Waals surface area contributed by atoms with Crippen molar-refractivity contribution in [1.29, 1.82) is 0 Å². The third-order valence-corrected chi connectivity index (χ3v) is 4.04. The van der Waals surface area contributed by atoms with Crippen LogP contribution in [-0.2, 0) is 6.54 Å². The van der Waals surface area contributed by atoms with E-state index in [1.807, 2.05) is 0 Å². The van der Waals surface area contributed by atoms with Gasteiger partial charge in [-0.05, 0) is 44.1 Å². The van der Waals surface area contributed by atoms with E-state index in [1.54, 1.807) is 10.6 Å². The topological polar surface area (TPSA) is 41.0 Å². The van der Waals surface area contributed by atoms with Gasteiger partial charge in [0, 0.05) is 12.6 Å². The number of rotatable bonds is 3. The van der Waals surface area contributed by atoms with Crippen LogP contribution in [0.3, 0.4) is 0 Å². The van der Waals surface area contributed by atoms with E-state index in [0.717, 1.165) is 19.5 Å². The summed E-state index contributed by atoms with van der Waals surface area (Å²) in [5.41, 5.74) is 1.21. The molecule has 1 fully saturated rings. The van der Waals surface area contributed by atoms with Gasteiger partial charge in [0.1, 0.15) is 5.82 Å². The Morgan fingerprint density at radius 2 is 2.32 bits per heavy atom. The maximum Gasteiger partial charge on any atom is 0.326 e. The van der Waals surface area contributed by atoms with Gasteiger partial charge in [-0.2, -0.15) is 0 Å². The first kappa shape index (κ1) is 12.4. The first-order chi connectivity index (χ1) is 9.19. The molecule has 0 aliphatic carbocycles. The molecular formula is C14H18FN3O. The zero-order valence-corrected chi connectivity index (χ0v) is 11.0. The van der Waals surface area contributed by atoms with Crippen molar-refractivity contribution in [3.05, 3.63) is 34.5 Å². The number of benzene rings is 1. The van der Waals surface area contributed by atoms with Crippen LogP contribution in [0.5, 0.6) is 0 Å². The summed E-state index contributed by atoms with van der Waals surface area (Å²) in [6.45, 7) is 4.86. The van der Waals surface area contributed by atoms with E-state index in [2.05, 4.69) is 16.8 Å². The lowest BCUT2D eigenvalue weighted by molar-refractivity contribution is 0.244. The molecule has 1 aliphatic rings. The van der Waals surface area contributed by atoms with Crippen molar-refractivity contribution in [1.82, 2.24) is 14.5 Å². The van der Waals surface area contributed by atoms with Gasteiger partial charge in [0.25, 0.3) is 0 Å². The molecule has 1 aromatic heterocycles. The second-order valence-electron chi connectivity index (χ2n) is 5.13. The van der Waals surface area contributed by atoms with Crippen molar-refractivity contribution >= 4 is 11.0 Å². The molecule has 0 spiro atoms. The predicted molar refractivity (Wildman–Crippen MR) is 72.8 cm³/mol. The van der Waals surface area contributed by atoms with E-state index in [9.17, 15) is 9.18 Å². The lowest BCUT2D eigenvalue weighted by Gasteiger charge is -2.22. The Morgan fingerprint density at radius 3 is 3.11 bits per heavy atom. The Hall–Kier alpha value is -1.62. The number of fused-ring (bicyclic) bond motifs is 1. The maximum atomic E-state index is 13.3. The lowest BCUT2D eigenvalue weighted by Crippen LogP contribution is -2.35. The number of aromatic nitrogens is 2. The van der Waals surface area contributed by atoms with E-state index in [4.69, 9.17) is 0 Å². The molecule has 0 bridgehead atoms. The van der Waals surface area contributed by atoms with E-state index < -0.39 is 0 Å². The minimum absolute atomic E-state index is 0.149. The summed E-state index contributed by atoms with van der Waals surface area (Å²) in [5.74, 6) is -0.306. The van der Waals surface area contributed by atoms with Crippen LogP contribution in [0.4, 0.5) is 4.39 Å². The van der Waals surface area contributed by atoms with E-state index in [1.165, 1.54) is 18.6 Å². The molecule has 0 amide bonds. The molecule has 2 heterocycles. The summed E-state index contributed by atoms with van der Waals surface area (Å²) in [6, 6.07) is 4.80. The first-order valence-corrected chi connectivity index (χ1v) is 6.81. The second kappa shape index (κ2) is 4.81. The number of hydrogen-bond acceptors (Lipinski definition) is 2. The SMILES string of the molecule is CCN1CCCC1Cn1c(=O)[nH]c2ccc(F)cc21. The van der Waals surface area contributed by atoms with Gasteiger partial charge in [-0.15, -0.1) is 0 Å². The summed E-state index contributed by atoms with van der Waals surface area (Å²) in [5, 5.41) is 0. The van der Waals surface area contributed by atoms with Crippen LogP contribution in [0.2, 0.25) is 0 Å². The van der Waals surface area contributed by atoms with Crippen LogP contribution in [0.15, 0.2) is 23.0 Å². The van der Waals surface area contributed by atoms with Gasteiger partial charge in [-0.3, -0.25) is 9.47 Å². The third kappa shape index (κ3) is 2.18. The Labute approximate surface area is 110 Å². The highest BCUT2D eigenvalue weighted by atomic mass is 19.1. The van der Waals surface area contributed by atoms with E-state index in [-0.39, 0.29) is 11.5 Å². The number of aromatic amines is 1. The minimum atomic E-state index is -0.306. The van der Waals surface area contributed by atoms with Gasteiger partial charge < -0.3 is 4.98 Å². The van der Waals surface area contributed by atoms with Crippen molar-refractivity contribution in [2.75, 3.05) is 13.1 Å². The van der Waals surface area contributed by atoms with Gasteiger partial charge >= 0.3 is 5.69 Å². The first-order valence-electron chi connectivity index (χ1n) is 6.81. The number of nitrogens with zero attached hydrogens (tertiary/aromatic N) is 2. The molecule has 1 unspecified atom stereocenters. The molecule has 1 saturated heterocycles. The summed E-state index contributed by atoms with van der Waals surface area (Å²) in [6.07, 6.45) is 2.27. The van der Waals surface area contributed by atoms with E-state index in [0.29, 0.717) is 23.6 Å². The van der Waals surface area contributed by atoms with Crippen LogP contribution in [-0.4, -0.2) is 33.6 Å². The van der Waals surface area contributed by atoms with Crippen LogP contribution < -0.4 is 5.69 Å². The summed E-state index contributed by atoms with van der Waals surface area (Å²) in [7, 11) is 0. The van der Waals surface area contributed by atoms with Gasteiger partial charge in [0.05, 0.1) is 11.0 Å². The summed E-state index contributed by atoms with van der Waals surface area (Å²) >= 11 is 0. The highest BCUT2D eigenvalue weighted by Crippen LogP contribution is 2.20. The maximum absolute atomic E-state index is 13.3. The average molecular weight is 263 g/mol. The zero-order valence-electron chi connectivity index (χ0n) is 11.0. The summed E-state index contributed by atoms with van der Waals surface area (Å²) in [4.78, 5) is 17.2. The molecule has 1 aliphatic heterocycles. The number of nitrogens with one attached hydrogen (secondary N) is 1. The Morgan fingerprint density at radius 1 is 1.47 bits per heavy atom. The largest absolute Gasteiger partial charge is 0.326 e. The number of likely N-dealkylation sites (tertiary alicyclic amines) is 1. The Balaban J connectivity index is 1.98. The highest BCUT2D eigenvalue weighted by molar-refractivity contribution is 5.75. The molecule has 0 saturated carbocycles. The van der Waals surface area contributed by atoms with Gasteiger partial charge in [0.2, 0.25) is 0 Å². The van der Waals surface area contributed by atoms with Crippen molar-refractivity contribution in [3.63, 3.8) is 0 Å². The van der Waals surface area contributed by atoms with Crippen molar-refractivity contribution < 1.29 is 4.39 Å². The molecule has 0 radical (unpaired) electrons. The standard InChI is InChI=1S/C14H18FN3O/c1-2-17-7-3-4-11(17)9-18-13-8-10(15)5-6-12(13)16-14(18)19/h5-6,8,11H,2-4,7,9H2,1H3,(H,16,19). The van der Waals surface area contributed by atoms with Crippen LogP contribution in [0, 0.1) is 5.82 Å². The Kier molecular flexibility index (Phi) is 3.14. The summed E-state index contributed by atoms with van der Waals surface area (Å²) < 4.78 is 15.0. The normalized spacial score (nSPS) is 20.4.